The summed E-state index contributed by atoms with van der Waals surface area (Å²) in [5.41, 5.74) is 0. The van der Waals surface area contributed by atoms with Crippen LogP contribution >= 0.6 is 0 Å². The van der Waals surface area contributed by atoms with E-state index >= 15 is 0 Å². The number of nitrogens with zero attached hydrogens (tertiary/aromatic N) is 1. The Kier molecular flexibility index (Phi) is 13.2. The van der Waals surface area contributed by atoms with Crippen molar-refractivity contribution in [3.63, 3.8) is 0 Å². The van der Waals surface area contributed by atoms with Crippen LogP contribution in [0.1, 0.15) is 13.3 Å². The van der Waals surface area contributed by atoms with E-state index in [1.807, 2.05) is 6.92 Å². The minimum absolute atomic E-state index is 0.618. The van der Waals surface area contributed by atoms with Crippen molar-refractivity contribution in [2.45, 2.75) is 13.3 Å². The molecule has 0 atom stereocenters. The van der Waals surface area contributed by atoms with E-state index in [9.17, 15) is 0 Å². The molecule has 1 fully saturated rings. The fourth-order valence-electron chi connectivity index (χ4n) is 2.02. The second kappa shape index (κ2) is 14.7. The summed E-state index contributed by atoms with van der Waals surface area (Å²) in [4.78, 5) is 2.36. The molecule has 0 radical (unpaired) electrons. The van der Waals surface area contributed by atoms with Gasteiger partial charge < -0.3 is 23.7 Å². The summed E-state index contributed by atoms with van der Waals surface area (Å²) < 4.78 is 27.4. The third-order valence-electron chi connectivity index (χ3n) is 3.19. The number of rotatable bonds is 5. The van der Waals surface area contributed by atoms with Gasteiger partial charge in [-0.05, 0) is 13.3 Å². The first-order valence-electron chi connectivity index (χ1n) is 8.04. The molecule has 0 aromatic rings. The average molecular weight is 305 g/mol. The molecule has 1 rings (SSSR count). The molecule has 0 N–H and O–H groups in total. The molecule has 0 aromatic heterocycles. The van der Waals surface area contributed by atoms with E-state index in [0.717, 1.165) is 52.5 Å². The van der Waals surface area contributed by atoms with Gasteiger partial charge in [-0.15, -0.1) is 0 Å². The Morgan fingerprint density at radius 3 is 1.71 bits per heavy atom. The van der Waals surface area contributed by atoms with Crippen LogP contribution in [0.3, 0.4) is 0 Å². The quantitative estimate of drug-likeness (QED) is 0.700. The van der Waals surface area contributed by atoms with E-state index in [1.54, 1.807) is 0 Å². The smallest absolute Gasteiger partial charge is 0.0701 e. The standard InChI is InChI=1S/C15H31NO5/c1-2-17-7-3-4-16-5-8-18-10-12-20-14-15-21-13-11-19-9-6-16/h2-15H2,1H3. The maximum atomic E-state index is 5.59. The molecule has 0 saturated carbocycles. The Balaban J connectivity index is 2.20. The van der Waals surface area contributed by atoms with Crippen LogP contribution in [0.2, 0.25) is 0 Å². The summed E-state index contributed by atoms with van der Waals surface area (Å²) in [5, 5.41) is 0. The molecule has 1 heterocycles. The van der Waals surface area contributed by atoms with Crippen molar-refractivity contribution in [2.75, 3.05) is 85.7 Å². The van der Waals surface area contributed by atoms with Crippen LogP contribution in [0, 0.1) is 0 Å². The summed E-state index contributed by atoms with van der Waals surface area (Å²) in [6, 6.07) is 0. The Labute approximate surface area is 128 Å². The lowest BCUT2D eigenvalue weighted by atomic mass is 10.4. The first-order valence-corrected chi connectivity index (χ1v) is 8.04. The van der Waals surface area contributed by atoms with Crippen LogP contribution in [0.15, 0.2) is 0 Å². The summed E-state index contributed by atoms with van der Waals surface area (Å²) in [6.07, 6.45) is 1.04. The van der Waals surface area contributed by atoms with Gasteiger partial charge in [0.15, 0.2) is 0 Å². The third kappa shape index (κ3) is 12.0. The fourth-order valence-corrected chi connectivity index (χ4v) is 2.02. The van der Waals surface area contributed by atoms with Gasteiger partial charge in [0, 0.05) is 32.8 Å². The molecule has 6 nitrogen and oxygen atoms in total. The van der Waals surface area contributed by atoms with Crippen molar-refractivity contribution in [3.05, 3.63) is 0 Å². The minimum Gasteiger partial charge on any atom is -0.382 e. The molecular weight excluding hydrogens is 274 g/mol. The highest BCUT2D eigenvalue weighted by Crippen LogP contribution is 1.95. The molecule has 0 bridgehead atoms. The Bertz CT molecular complexity index is 202. The van der Waals surface area contributed by atoms with Gasteiger partial charge in [0.1, 0.15) is 0 Å². The first kappa shape index (κ1) is 18.8. The van der Waals surface area contributed by atoms with Crippen LogP contribution in [0.25, 0.3) is 0 Å². The third-order valence-corrected chi connectivity index (χ3v) is 3.19. The highest BCUT2D eigenvalue weighted by Gasteiger charge is 2.05. The van der Waals surface area contributed by atoms with Crippen molar-refractivity contribution < 1.29 is 23.7 Å². The zero-order chi connectivity index (χ0) is 15.0. The van der Waals surface area contributed by atoms with Gasteiger partial charge in [-0.1, -0.05) is 0 Å². The maximum Gasteiger partial charge on any atom is 0.0701 e. The summed E-state index contributed by atoms with van der Waals surface area (Å²) in [5.74, 6) is 0. The lowest BCUT2D eigenvalue weighted by Crippen LogP contribution is -2.33. The first-order chi connectivity index (χ1) is 10.4. The zero-order valence-electron chi connectivity index (χ0n) is 13.4. The van der Waals surface area contributed by atoms with Gasteiger partial charge in [-0.3, -0.25) is 4.90 Å². The lowest BCUT2D eigenvalue weighted by Gasteiger charge is -2.22. The highest BCUT2D eigenvalue weighted by molar-refractivity contribution is 4.58. The van der Waals surface area contributed by atoms with Gasteiger partial charge in [0.2, 0.25) is 0 Å². The van der Waals surface area contributed by atoms with Crippen LogP contribution in [-0.2, 0) is 23.7 Å². The molecule has 0 unspecified atom stereocenters. The van der Waals surface area contributed by atoms with E-state index in [2.05, 4.69) is 4.90 Å². The van der Waals surface area contributed by atoms with Gasteiger partial charge in [0.05, 0.1) is 52.9 Å². The Morgan fingerprint density at radius 1 is 0.762 bits per heavy atom. The maximum absolute atomic E-state index is 5.59. The SMILES string of the molecule is CCOCCCN1CCOCCOCCOCCOCC1. The van der Waals surface area contributed by atoms with Crippen molar-refractivity contribution in [3.8, 4) is 0 Å². The van der Waals surface area contributed by atoms with Crippen LogP contribution in [-0.4, -0.2) is 90.6 Å². The number of ether oxygens (including phenoxy) is 5. The normalized spacial score (nSPS) is 21.6. The van der Waals surface area contributed by atoms with E-state index < -0.39 is 0 Å². The minimum atomic E-state index is 0.618. The van der Waals surface area contributed by atoms with E-state index in [0.29, 0.717) is 39.6 Å². The zero-order valence-corrected chi connectivity index (χ0v) is 13.4. The second-order valence-corrected chi connectivity index (χ2v) is 4.84. The largest absolute Gasteiger partial charge is 0.382 e. The van der Waals surface area contributed by atoms with Gasteiger partial charge in [-0.25, -0.2) is 0 Å². The molecule has 1 aliphatic rings. The van der Waals surface area contributed by atoms with E-state index in [1.165, 1.54) is 0 Å². The molecule has 0 amide bonds. The van der Waals surface area contributed by atoms with Crippen molar-refractivity contribution >= 4 is 0 Å². The van der Waals surface area contributed by atoms with Crippen LogP contribution in [0.4, 0.5) is 0 Å². The fraction of sp³-hybridized carbons (Fsp3) is 1.00. The number of hydrogen-bond acceptors (Lipinski definition) is 6. The van der Waals surface area contributed by atoms with Crippen molar-refractivity contribution in [2.24, 2.45) is 0 Å². The van der Waals surface area contributed by atoms with Crippen molar-refractivity contribution in [1.29, 1.82) is 0 Å². The molecule has 126 valence electrons. The Hall–Kier alpha value is -0.240. The summed E-state index contributed by atoms with van der Waals surface area (Å²) >= 11 is 0. The van der Waals surface area contributed by atoms with Gasteiger partial charge in [0.25, 0.3) is 0 Å². The van der Waals surface area contributed by atoms with Crippen LogP contribution in [0.5, 0.6) is 0 Å². The highest BCUT2D eigenvalue weighted by atomic mass is 16.6. The predicted octanol–water partition coefficient (Wildman–Crippen LogP) is 0.795. The number of hydrogen-bond donors (Lipinski definition) is 0. The average Bonchev–Trinajstić information content (AvgIpc) is 2.51. The molecular formula is C15H31NO5. The summed E-state index contributed by atoms with van der Waals surface area (Å²) in [6.45, 7) is 11.7. The van der Waals surface area contributed by atoms with Gasteiger partial charge in [-0.2, -0.15) is 0 Å². The molecule has 1 saturated heterocycles. The lowest BCUT2D eigenvalue weighted by molar-refractivity contribution is 0.00206. The summed E-state index contributed by atoms with van der Waals surface area (Å²) in [7, 11) is 0. The Morgan fingerprint density at radius 2 is 1.24 bits per heavy atom. The molecule has 0 aromatic carbocycles. The van der Waals surface area contributed by atoms with E-state index in [4.69, 9.17) is 23.7 Å². The molecule has 1 aliphatic heterocycles. The molecule has 6 heteroatoms. The molecule has 0 aliphatic carbocycles. The topological polar surface area (TPSA) is 49.4 Å². The second-order valence-electron chi connectivity index (χ2n) is 4.84. The molecule has 0 spiro atoms. The van der Waals surface area contributed by atoms with Crippen molar-refractivity contribution in [1.82, 2.24) is 4.90 Å². The predicted molar refractivity (Wildman–Crippen MR) is 80.8 cm³/mol. The molecule has 21 heavy (non-hydrogen) atoms. The van der Waals surface area contributed by atoms with Crippen LogP contribution < -0.4 is 0 Å². The monoisotopic (exact) mass is 305 g/mol. The van der Waals surface area contributed by atoms with E-state index in [-0.39, 0.29) is 0 Å². The van der Waals surface area contributed by atoms with Gasteiger partial charge >= 0.3 is 0 Å².